The van der Waals surface area contributed by atoms with Gasteiger partial charge in [0, 0.05) is 17.3 Å². The predicted octanol–water partition coefficient (Wildman–Crippen LogP) is 5.05. The Morgan fingerprint density at radius 1 is 0.977 bits per heavy atom. The third-order valence-corrected chi connectivity index (χ3v) is 8.10. The monoisotopic (exact) mass is 590 g/mol. The van der Waals surface area contributed by atoms with Crippen molar-refractivity contribution in [2.45, 2.75) is 32.9 Å². The molecule has 3 aromatic carbocycles. The van der Waals surface area contributed by atoms with Gasteiger partial charge in [-0.2, -0.15) is 5.10 Å². The zero-order valence-corrected chi connectivity index (χ0v) is 25.0. The summed E-state index contributed by atoms with van der Waals surface area (Å²) in [7, 11) is 1.59. The second kappa shape index (κ2) is 11.7. The number of aromatic nitrogens is 3. The topological polar surface area (TPSA) is 87.7 Å². The maximum Gasteiger partial charge on any atom is 0.338 e. The summed E-state index contributed by atoms with van der Waals surface area (Å²) < 4.78 is 14.8. The number of methoxy groups -OCH3 is 1. The summed E-state index contributed by atoms with van der Waals surface area (Å²) in [6.45, 7) is 5.37. The molecule has 1 aliphatic rings. The molecule has 3 heterocycles. The highest BCUT2D eigenvalue weighted by Gasteiger charge is 2.34. The summed E-state index contributed by atoms with van der Waals surface area (Å²) in [5, 5.41) is 4.89. The molecule has 1 atom stereocenters. The van der Waals surface area contributed by atoms with Crippen LogP contribution in [0.5, 0.6) is 5.75 Å². The molecule has 0 aliphatic carbocycles. The number of hydrogen-bond donors (Lipinski definition) is 0. The lowest BCUT2D eigenvalue weighted by molar-refractivity contribution is -0.143. The molecule has 0 radical (unpaired) electrons. The molecule has 0 bridgehead atoms. The van der Waals surface area contributed by atoms with Crippen LogP contribution in [0.2, 0.25) is 0 Å². The SMILES string of the molecule is COc1ccc([C@@H]2C(C(=O)OC(C)C)=C(C)N=c3s/c(=C\c4cn(-c5ccccc5)nc4-c4ccccc4)c(=O)n32)cc1. The van der Waals surface area contributed by atoms with Gasteiger partial charge in [0.1, 0.15) is 5.75 Å². The van der Waals surface area contributed by atoms with Gasteiger partial charge in [-0.15, -0.1) is 0 Å². The zero-order valence-electron chi connectivity index (χ0n) is 24.2. The lowest BCUT2D eigenvalue weighted by Gasteiger charge is -2.25. The Balaban J connectivity index is 1.55. The fraction of sp³-hybridized carbons (Fsp3) is 0.176. The summed E-state index contributed by atoms with van der Waals surface area (Å²) in [6.07, 6.45) is 3.45. The number of allylic oxidation sites excluding steroid dienone is 1. The lowest BCUT2D eigenvalue weighted by Crippen LogP contribution is -2.40. The van der Waals surface area contributed by atoms with Gasteiger partial charge in [-0.1, -0.05) is 72.0 Å². The fourth-order valence-corrected chi connectivity index (χ4v) is 6.17. The molecule has 2 aromatic heterocycles. The van der Waals surface area contributed by atoms with E-state index in [1.165, 1.54) is 11.3 Å². The van der Waals surface area contributed by atoms with E-state index in [9.17, 15) is 9.59 Å². The first-order valence-corrected chi connectivity index (χ1v) is 14.7. The Morgan fingerprint density at radius 3 is 2.30 bits per heavy atom. The van der Waals surface area contributed by atoms with E-state index >= 15 is 0 Å². The number of esters is 1. The molecule has 0 spiro atoms. The van der Waals surface area contributed by atoms with E-state index in [-0.39, 0.29) is 11.7 Å². The molecule has 8 nitrogen and oxygen atoms in total. The van der Waals surface area contributed by atoms with Gasteiger partial charge in [-0.25, -0.2) is 14.5 Å². The summed E-state index contributed by atoms with van der Waals surface area (Å²) in [5.41, 5.74) is 4.72. The minimum atomic E-state index is -0.712. The number of rotatable bonds is 7. The zero-order chi connectivity index (χ0) is 30.1. The van der Waals surface area contributed by atoms with Gasteiger partial charge in [0.05, 0.1) is 46.4 Å². The second-order valence-corrected chi connectivity index (χ2v) is 11.4. The van der Waals surface area contributed by atoms with Crippen LogP contribution in [0.15, 0.2) is 112 Å². The number of nitrogens with zero attached hydrogens (tertiary/aromatic N) is 4. The van der Waals surface area contributed by atoms with Crippen molar-refractivity contribution in [1.82, 2.24) is 14.3 Å². The minimum Gasteiger partial charge on any atom is -0.497 e. The highest BCUT2D eigenvalue weighted by molar-refractivity contribution is 7.07. The molecule has 0 N–H and O–H groups in total. The number of fused-ring (bicyclic) bond motifs is 1. The van der Waals surface area contributed by atoms with Gasteiger partial charge in [0.15, 0.2) is 4.80 Å². The van der Waals surface area contributed by atoms with Crippen LogP contribution in [0.25, 0.3) is 23.0 Å². The number of hydrogen-bond acceptors (Lipinski definition) is 7. The number of thiazole rings is 1. The van der Waals surface area contributed by atoms with E-state index in [2.05, 4.69) is 0 Å². The first-order chi connectivity index (χ1) is 20.8. The first-order valence-electron chi connectivity index (χ1n) is 13.9. The Morgan fingerprint density at radius 2 is 1.65 bits per heavy atom. The van der Waals surface area contributed by atoms with Gasteiger partial charge < -0.3 is 9.47 Å². The molecule has 5 aromatic rings. The molecule has 1 aliphatic heterocycles. The first kappa shape index (κ1) is 28.1. The van der Waals surface area contributed by atoms with Crippen molar-refractivity contribution >= 4 is 23.4 Å². The molecule has 6 rings (SSSR count). The van der Waals surface area contributed by atoms with Crippen LogP contribution in [-0.2, 0) is 9.53 Å². The largest absolute Gasteiger partial charge is 0.497 e. The molecule has 0 amide bonds. The smallest absolute Gasteiger partial charge is 0.338 e. The van der Waals surface area contributed by atoms with Gasteiger partial charge >= 0.3 is 5.97 Å². The summed E-state index contributed by atoms with van der Waals surface area (Å²) in [6, 6.07) is 26.4. The van der Waals surface area contributed by atoms with E-state index < -0.39 is 12.0 Å². The van der Waals surface area contributed by atoms with Crippen molar-refractivity contribution in [3.63, 3.8) is 0 Å². The van der Waals surface area contributed by atoms with Crippen molar-refractivity contribution < 1.29 is 14.3 Å². The average molecular weight is 591 g/mol. The maximum atomic E-state index is 14.2. The van der Waals surface area contributed by atoms with Crippen LogP contribution in [0.1, 0.15) is 37.9 Å². The van der Waals surface area contributed by atoms with Crippen LogP contribution in [0.4, 0.5) is 0 Å². The van der Waals surface area contributed by atoms with E-state index in [0.717, 1.165) is 28.1 Å². The lowest BCUT2D eigenvalue weighted by atomic mass is 9.96. The predicted molar refractivity (Wildman–Crippen MR) is 167 cm³/mol. The van der Waals surface area contributed by atoms with Gasteiger partial charge in [-0.05, 0) is 56.7 Å². The fourth-order valence-electron chi connectivity index (χ4n) is 5.13. The molecule has 0 saturated heterocycles. The Bertz CT molecular complexity index is 2000. The summed E-state index contributed by atoms with van der Waals surface area (Å²) >= 11 is 1.28. The highest BCUT2D eigenvalue weighted by Crippen LogP contribution is 2.32. The summed E-state index contributed by atoms with van der Waals surface area (Å²) in [5.74, 6) is 0.175. The Kier molecular flexibility index (Phi) is 7.65. The van der Waals surface area contributed by atoms with Crippen molar-refractivity contribution in [3.8, 4) is 22.7 Å². The molecule has 216 valence electrons. The van der Waals surface area contributed by atoms with Crippen molar-refractivity contribution in [2.75, 3.05) is 7.11 Å². The molecule has 9 heteroatoms. The summed E-state index contributed by atoms with van der Waals surface area (Å²) in [4.78, 5) is 32.8. The maximum absolute atomic E-state index is 14.2. The number of para-hydroxylation sites is 1. The van der Waals surface area contributed by atoms with Gasteiger partial charge in [-0.3, -0.25) is 9.36 Å². The van der Waals surface area contributed by atoms with Gasteiger partial charge in [0.25, 0.3) is 5.56 Å². The molecule has 43 heavy (non-hydrogen) atoms. The van der Waals surface area contributed by atoms with Crippen LogP contribution in [-0.4, -0.2) is 33.5 Å². The standard InChI is InChI=1S/C34H30N4O4S/c1-21(2)42-33(40)29-22(3)35-34-38(31(29)24-15-17-27(41-4)18-16-24)32(39)28(43-34)19-25-20-37(26-13-9-6-10-14-26)36-30(25)23-11-7-5-8-12-23/h5-21,31H,1-4H3/b28-19-/t31-/m1/s1. The molecule has 0 unspecified atom stereocenters. The third-order valence-electron chi connectivity index (χ3n) is 7.11. The normalized spacial score (nSPS) is 14.9. The Labute approximate surface area is 252 Å². The van der Waals surface area contributed by atoms with E-state index in [1.54, 1.807) is 32.4 Å². The van der Waals surface area contributed by atoms with Crippen LogP contribution >= 0.6 is 11.3 Å². The number of ether oxygens (including phenoxy) is 2. The molecular formula is C34H30N4O4S. The average Bonchev–Trinajstić information content (AvgIpc) is 3.57. The van der Waals surface area contributed by atoms with Crippen LogP contribution < -0.4 is 19.6 Å². The van der Waals surface area contributed by atoms with Gasteiger partial charge in [0.2, 0.25) is 0 Å². The van der Waals surface area contributed by atoms with E-state index in [1.807, 2.05) is 102 Å². The van der Waals surface area contributed by atoms with Crippen molar-refractivity contribution in [3.05, 3.63) is 133 Å². The van der Waals surface area contributed by atoms with E-state index in [4.69, 9.17) is 19.6 Å². The number of carbonyl (C=O) groups is 1. The quantitative estimate of drug-likeness (QED) is 0.248. The van der Waals surface area contributed by atoms with Crippen LogP contribution in [0.3, 0.4) is 0 Å². The highest BCUT2D eigenvalue weighted by atomic mass is 32.1. The van der Waals surface area contributed by atoms with Crippen LogP contribution in [0, 0.1) is 0 Å². The van der Waals surface area contributed by atoms with Crippen molar-refractivity contribution in [2.24, 2.45) is 4.99 Å². The number of carbonyl (C=O) groups excluding carboxylic acids is 1. The molecule has 0 fully saturated rings. The Hall–Kier alpha value is -5.02. The number of benzene rings is 3. The second-order valence-electron chi connectivity index (χ2n) is 10.4. The third kappa shape index (κ3) is 5.47. The van der Waals surface area contributed by atoms with Crippen molar-refractivity contribution in [1.29, 1.82) is 0 Å². The minimum absolute atomic E-state index is 0.251. The molecular weight excluding hydrogens is 560 g/mol. The van der Waals surface area contributed by atoms with E-state index in [0.29, 0.717) is 26.4 Å². The molecule has 0 saturated carbocycles.